The summed E-state index contributed by atoms with van der Waals surface area (Å²) in [6.45, 7) is 3.94. The van der Waals surface area contributed by atoms with Crippen LogP contribution >= 0.6 is 0 Å². The molecule has 0 saturated carbocycles. The zero-order valence-electron chi connectivity index (χ0n) is 11.9. The summed E-state index contributed by atoms with van der Waals surface area (Å²) in [7, 11) is 1.60. The van der Waals surface area contributed by atoms with E-state index in [9.17, 15) is 4.79 Å². The molecule has 0 aliphatic carbocycles. The van der Waals surface area contributed by atoms with Crippen LogP contribution in [0.15, 0.2) is 24.3 Å². The molecule has 0 heterocycles. The number of ether oxygens (including phenoxy) is 1. The third-order valence-electron chi connectivity index (χ3n) is 2.97. The number of nitrogens with one attached hydrogen (secondary N) is 1. The van der Waals surface area contributed by atoms with E-state index in [-0.39, 0.29) is 12.5 Å². The minimum absolute atomic E-state index is 0.0637. The van der Waals surface area contributed by atoms with Crippen molar-refractivity contribution in [2.45, 2.75) is 38.7 Å². The van der Waals surface area contributed by atoms with Crippen molar-refractivity contribution in [1.29, 1.82) is 0 Å². The van der Waals surface area contributed by atoms with Crippen molar-refractivity contribution >= 4 is 11.6 Å². The lowest BCUT2D eigenvalue weighted by atomic mass is 10.0. The van der Waals surface area contributed by atoms with E-state index in [4.69, 9.17) is 9.84 Å². The van der Waals surface area contributed by atoms with E-state index in [0.717, 1.165) is 24.1 Å². The molecule has 1 rings (SSSR count). The van der Waals surface area contributed by atoms with Gasteiger partial charge in [0, 0.05) is 19.4 Å². The van der Waals surface area contributed by atoms with E-state index in [0.29, 0.717) is 6.42 Å². The molecule has 1 aromatic rings. The molecule has 0 atom stereocenters. The van der Waals surface area contributed by atoms with Crippen LogP contribution in [0.2, 0.25) is 0 Å². The van der Waals surface area contributed by atoms with Gasteiger partial charge in [-0.15, -0.1) is 0 Å². The van der Waals surface area contributed by atoms with Gasteiger partial charge in [-0.3, -0.25) is 4.79 Å². The number of carbonyl (C=O) groups is 1. The molecule has 0 fully saturated rings. The standard InChI is InChI=1S/C15H23NO3/c1-15(2,19-3)11-14(18)16-13-8-4-6-12(10-13)7-5-9-17/h4,6,8,10,17H,5,7,9,11H2,1-3H3,(H,16,18). The number of rotatable bonds is 7. The Morgan fingerprint density at radius 1 is 1.42 bits per heavy atom. The van der Waals surface area contributed by atoms with Crippen LogP contribution in [0.3, 0.4) is 0 Å². The van der Waals surface area contributed by atoms with Crippen LogP contribution in [0.4, 0.5) is 5.69 Å². The highest BCUT2D eigenvalue weighted by Gasteiger charge is 2.20. The summed E-state index contributed by atoms with van der Waals surface area (Å²) in [4.78, 5) is 11.9. The first kappa shape index (κ1) is 15.7. The number of methoxy groups -OCH3 is 1. The number of aryl methyl sites for hydroxylation is 1. The lowest BCUT2D eigenvalue weighted by Gasteiger charge is -2.22. The molecule has 0 unspecified atom stereocenters. The Hall–Kier alpha value is -1.39. The lowest BCUT2D eigenvalue weighted by molar-refractivity contribution is -0.121. The highest BCUT2D eigenvalue weighted by Crippen LogP contribution is 2.16. The maximum absolute atomic E-state index is 11.9. The first-order valence-electron chi connectivity index (χ1n) is 6.51. The first-order valence-corrected chi connectivity index (χ1v) is 6.51. The largest absolute Gasteiger partial charge is 0.396 e. The fourth-order valence-electron chi connectivity index (χ4n) is 1.75. The molecule has 19 heavy (non-hydrogen) atoms. The average molecular weight is 265 g/mol. The fourth-order valence-corrected chi connectivity index (χ4v) is 1.75. The predicted molar refractivity (Wildman–Crippen MR) is 76.2 cm³/mol. The maximum Gasteiger partial charge on any atom is 0.227 e. The van der Waals surface area contributed by atoms with Gasteiger partial charge in [0.1, 0.15) is 0 Å². The quantitative estimate of drug-likeness (QED) is 0.795. The van der Waals surface area contributed by atoms with Crippen LogP contribution in [0.5, 0.6) is 0 Å². The molecular formula is C15H23NO3. The average Bonchev–Trinajstić information content (AvgIpc) is 2.36. The Bertz CT molecular complexity index is 416. The molecule has 0 spiro atoms. The second-order valence-corrected chi connectivity index (χ2v) is 5.22. The van der Waals surface area contributed by atoms with Crippen molar-refractivity contribution in [2.24, 2.45) is 0 Å². The van der Waals surface area contributed by atoms with Gasteiger partial charge in [-0.25, -0.2) is 0 Å². The van der Waals surface area contributed by atoms with Gasteiger partial charge in [-0.1, -0.05) is 12.1 Å². The Balaban J connectivity index is 2.59. The van der Waals surface area contributed by atoms with Crippen LogP contribution in [-0.2, 0) is 16.0 Å². The highest BCUT2D eigenvalue weighted by atomic mass is 16.5. The van der Waals surface area contributed by atoms with Crippen molar-refractivity contribution in [2.75, 3.05) is 19.0 Å². The number of aliphatic hydroxyl groups is 1. The summed E-state index contributed by atoms with van der Waals surface area (Å²) in [6, 6.07) is 7.70. The SMILES string of the molecule is COC(C)(C)CC(=O)Nc1cccc(CCCO)c1. The Morgan fingerprint density at radius 2 is 2.16 bits per heavy atom. The van der Waals surface area contributed by atoms with Crippen LogP contribution in [0.1, 0.15) is 32.3 Å². The number of aliphatic hydroxyl groups excluding tert-OH is 1. The van der Waals surface area contributed by atoms with E-state index in [1.54, 1.807) is 7.11 Å². The summed E-state index contributed by atoms with van der Waals surface area (Å²) < 4.78 is 5.23. The molecule has 0 aromatic heterocycles. The molecule has 0 aliphatic rings. The molecular weight excluding hydrogens is 242 g/mol. The summed E-state index contributed by atoms with van der Waals surface area (Å²) in [6.07, 6.45) is 1.85. The van der Waals surface area contributed by atoms with Crippen LogP contribution in [0.25, 0.3) is 0 Å². The van der Waals surface area contributed by atoms with Crippen molar-refractivity contribution in [3.8, 4) is 0 Å². The number of anilines is 1. The molecule has 4 heteroatoms. The van der Waals surface area contributed by atoms with Gasteiger partial charge in [0.05, 0.1) is 12.0 Å². The van der Waals surface area contributed by atoms with Crippen LogP contribution < -0.4 is 5.32 Å². The van der Waals surface area contributed by atoms with Gasteiger partial charge < -0.3 is 15.2 Å². The Kier molecular flexibility index (Phi) is 5.99. The lowest BCUT2D eigenvalue weighted by Crippen LogP contribution is -2.29. The summed E-state index contributed by atoms with van der Waals surface area (Å²) in [5, 5.41) is 11.7. The fraction of sp³-hybridized carbons (Fsp3) is 0.533. The minimum atomic E-state index is -0.460. The molecule has 4 nitrogen and oxygen atoms in total. The van der Waals surface area contributed by atoms with E-state index < -0.39 is 5.60 Å². The third-order valence-corrected chi connectivity index (χ3v) is 2.97. The normalized spacial score (nSPS) is 11.4. The number of hydrogen-bond acceptors (Lipinski definition) is 3. The molecule has 0 radical (unpaired) electrons. The van der Waals surface area contributed by atoms with Crippen molar-refractivity contribution in [3.05, 3.63) is 29.8 Å². The number of benzene rings is 1. The molecule has 0 bridgehead atoms. The molecule has 2 N–H and O–H groups in total. The van der Waals surface area contributed by atoms with Gasteiger partial charge >= 0.3 is 0 Å². The van der Waals surface area contributed by atoms with Gasteiger partial charge in [0.2, 0.25) is 5.91 Å². The monoisotopic (exact) mass is 265 g/mol. The van der Waals surface area contributed by atoms with Gasteiger partial charge in [-0.2, -0.15) is 0 Å². The third kappa shape index (κ3) is 5.85. The number of hydrogen-bond donors (Lipinski definition) is 2. The summed E-state index contributed by atoms with van der Waals surface area (Å²) in [5.41, 5.74) is 1.43. The Labute approximate surface area is 114 Å². The molecule has 1 aromatic carbocycles. The second kappa shape index (κ2) is 7.26. The van der Waals surface area contributed by atoms with Crippen molar-refractivity contribution in [3.63, 3.8) is 0 Å². The summed E-state index contributed by atoms with van der Waals surface area (Å²) >= 11 is 0. The smallest absolute Gasteiger partial charge is 0.227 e. The van der Waals surface area contributed by atoms with Gasteiger partial charge in [-0.05, 0) is 44.4 Å². The molecule has 0 saturated heterocycles. The van der Waals surface area contributed by atoms with Crippen LogP contribution in [0, 0.1) is 0 Å². The Morgan fingerprint density at radius 3 is 2.79 bits per heavy atom. The van der Waals surface area contributed by atoms with Gasteiger partial charge in [0.25, 0.3) is 0 Å². The zero-order chi connectivity index (χ0) is 14.3. The van der Waals surface area contributed by atoms with E-state index in [1.807, 2.05) is 38.1 Å². The predicted octanol–water partition coefficient (Wildman–Crippen LogP) is 2.37. The molecule has 1 amide bonds. The van der Waals surface area contributed by atoms with Gasteiger partial charge in [0.15, 0.2) is 0 Å². The summed E-state index contributed by atoms with van der Waals surface area (Å²) in [5.74, 6) is -0.0637. The molecule has 0 aliphatic heterocycles. The van der Waals surface area contributed by atoms with Crippen LogP contribution in [-0.4, -0.2) is 30.3 Å². The first-order chi connectivity index (χ1) is 8.96. The highest BCUT2D eigenvalue weighted by molar-refractivity contribution is 5.91. The topological polar surface area (TPSA) is 58.6 Å². The van der Waals surface area contributed by atoms with Crippen molar-refractivity contribution < 1.29 is 14.6 Å². The second-order valence-electron chi connectivity index (χ2n) is 5.22. The van der Waals surface area contributed by atoms with E-state index in [1.165, 1.54) is 0 Å². The molecule has 106 valence electrons. The maximum atomic E-state index is 11.9. The number of amides is 1. The van der Waals surface area contributed by atoms with Crippen molar-refractivity contribution in [1.82, 2.24) is 0 Å². The minimum Gasteiger partial charge on any atom is -0.396 e. The zero-order valence-corrected chi connectivity index (χ0v) is 11.9. The van der Waals surface area contributed by atoms with E-state index in [2.05, 4.69) is 5.32 Å². The van der Waals surface area contributed by atoms with E-state index >= 15 is 0 Å². The number of carbonyl (C=O) groups excluding carboxylic acids is 1.